The Morgan fingerprint density at radius 2 is 1.05 bits per heavy atom. The lowest BCUT2D eigenvalue weighted by Gasteiger charge is -2.43. The Labute approximate surface area is 128 Å². The molecule has 0 amide bonds. The molecule has 0 aromatic heterocycles. The van der Waals surface area contributed by atoms with Gasteiger partial charge < -0.3 is 9.13 Å². The Morgan fingerprint density at radius 1 is 0.714 bits per heavy atom. The normalized spacial score (nSPS) is 10.8. The van der Waals surface area contributed by atoms with Crippen LogP contribution in [-0.4, -0.2) is 22.5 Å². The molecule has 21 heavy (non-hydrogen) atoms. The fourth-order valence-electron chi connectivity index (χ4n) is 2.57. The van der Waals surface area contributed by atoms with Crippen molar-refractivity contribution >= 4 is 19.8 Å². The van der Waals surface area contributed by atoms with E-state index in [-0.39, 0.29) is 0 Å². The van der Waals surface area contributed by atoms with Crippen molar-refractivity contribution in [3.05, 3.63) is 85.2 Å². The Morgan fingerprint density at radius 3 is 1.33 bits per heavy atom. The van der Waals surface area contributed by atoms with Crippen LogP contribution in [0.1, 0.15) is 0 Å². The molecule has 3 heteroatoms. The van der Waals surface area contributed by atoms with Crippen LogP contribution < -0.4 is 9.13 Å². The monoisotopic (exact) mass is 294 g/mol. The average Bonchev–Trinajstić information content (AvgIpc) is 2.57. The van der Waals surface area contributed by atoms with E-state index in [4.69, 9.17) is 0 Å². The minimum atomic E-state index is -2.24. The van der Waals surface area contributed by atoms with Crippen molar-refractivity contribution in [2.45, 2.75) is 0 Å². The van der Waals surface area contributed by atoms with E-state index >= 15 is 0 Å². The highest BCUT2D eigenvalue weighted by Gasteiger charge is 2.38. The van der Waals surface area contributed by atoms with Crippen LogP contribution in [0.25, 0.3) is 0 Å². The quantitative estimate of drug-likeness (QED) is 0.738. The molecule has 2 rings (SSSR count). The lowest BCUT2D eigenvalue weighted by atomic mass is 10.3. The molecule has 0 atom stereocenters. The van der Waals surface area contributed by atoms with E-state index in [9.17, 15) is 0 Å². The maximum absolute atomic E-state index is 4.10. The van der Waals surface area contributed by atoms with Crippen LogP contribution in [-0.2, 0) is 0 Å². The second-order valence-corrected chi connectivity index (χ2v) is 8.70. The van der Waals surface area contributed by atoms with Crippen molar-refractivity contribution < 1.29 is 0 Å². The van der Waals surface area contributed by atoms with E-state index < -0.39 is 8.40 Å². The van der Waals surface area contributed by atoms with E-state index in [1.165, 1.54) is 11.4 Å². The van der Waals surface area contributed by atoms with Crippen LogP contribution in [0.3, 0.4) is 0 Å². The highest BCUT2D eigenvalue weighted by molar-refractivity contribution is 6.94. The second-order valence-electron chi connectivity index (χ2n) is 4.98. The molecule has 2 aromatic carbocycles. The molecule has 0 aliphatic carbocycles. The van der Waals surface area contributed by atoms with Crippen LogP contribution in [0, 0.1) is 0 Å². The maximum Gasteiger partial charge on any atom is 0.314 e. The molecule has 0 aliphatic heterocycles. The predicted molar refractivity (Wildman–Crippen MR) is 95.8 cm³/mol. The summed E-state index contributed by atoms with van der Waals surface area (Å²) in [5.41, 5.74) is 6.46. The first-order valence-corrected chi connectivity index (χ1v) is 9.05. The molecular weight excluding hydrogens is 272 g/mol. The molecule has 0 saturated carbocycles. The highest BCUT2D eigenvalue weighted by atomic mass is 28.3. The number of para-hydroxylation sites is 2. The number of nitrogens with zero attached hydrogens (tertiary/aromatic N) is 2. The van der Waals surface area contributed by atoms with Gasteiger partial charge in [0, 0.05) is 11.4 Å². The van der Waals surface area contributed by atoms with Gasteiger partial charge in [0.25, 0.3) is 0 Å². The van der Waals surface area contributed by atoms with Crippen LogP contribution in [0.15, 0.2) is 85.2 Å². The van der Waals surface area contributed by atoms with Crippen LogP contribution in [0.5, 0.6) is 0 Å². The summed E-state index contributed by atoms with van der Waals surface area (Å²) >= 11 is 0. The zero-order valence-corrected chi connectivity index (χ0v) is 13.7. The lowest BCUT2D eigenvalue weighted by molar-refractivity contribution is 1.17. The van der Waals surface area contributed by atoms with Gasteiger partial charge in [-0.05, 0) is 38.4 Å². The average molecular weight is 294 g/mol. The summed E-state index contributed by atoms with van der Waals surface area (Å²) < 4.78 is 4.61. The predicted octanol–water partition coefficient (Wildman–Crippen LogP) is 4.15. The summed E-state index contributed by atoms with van der Waals surface area (Å²) in [7, 11) is 1.99. The van der Waals surface area contributed by atoms with Gasteiger partial charge in [-0.2, -0.15) is 0 Å². The van der Waals surface area contributed by atoms with Gasteiger partial charge in [-0.15, -0.1) is 13.2 Å². The van der Waals surface area contributed by atoms with Crippen LogP contribution in [0.2, 0.25) is 0 Å². The molecule has 0 bridgehead atoms. The summed E-state index contributed by atoms with van der Waals surface area (Å²) in [6.45, 7) is 8.21. The Hall–Kier alpha value is -2.26. The highest BCUT2D eigenvalue weighted by Crippen LogP contribution is 2.27. The molecule has 0 fully saturated rings. The zero-order chi connectivity index (χ0) is 15.3. The van der Waals surface area contributed by atoms with Gasteiger partial charge in [0.1, 0.15) is 0 Å². The fraction of sp³-hybridized carbons (Fsp3) is 0.111. The number of anilines is 2. The molecule has 2 aromatic rings. The number of hydrogen-bond acceptors (Lipinski definition) is 2. The molecular formula is C18H22N2Si. The van der Waals surface area contributed by atoms with Gasteiger partial charge >= 0.3 is 8.40 Å². The minimum Gasteiger partial charge on any atom is -0.377 e. The largest absolute Gasteiger partial charge is 0.377 e. The summed E-state index contributed by atoms with van der Waals surface area (Å²) in [4.78, 5) is 0. The van der Waals surface area contributed by atoms with Crippen LogP contribution >= 0.6 is 0 Å². The van der Waals surface area contributed by atoms with E-state index in [1.54, 1.807) is 0 Å². The summed E-state index contributed by atoms with van der Waals surface area (Å²) in [6.07, 6.45) is 0. The first-order valence-electron chi connectivity index (χ1n) is 7.00. The maximum atomic E-state index is 4.10. The summed E-state index contributed by atoms with van der Waals surface area (Å²) in [5, 5.41) is 0. The molecule has 0 saturated heterocycles. The van der Waals surface area contributed by atoms with Crippen LogP contribution in [0.4, 0.5) is 11.4 Å². The van der Waals surface area contributed by atoms with E-state index in [0.29, 0.717) is 0 Å². The fourth-order valence-corrected chi connectivity index (χ4v) is 5.41. The first kappa shape index (κ1) is 15.1. The molecule has 0 spiro atoms. The molecule has 2 nitrogen and oxygen atoms in total. The standard InChI is InChI=1S/C18H22N2Si/c1-5-21(6-2,19(3)17-13-9-7-10-14-17)20(4)18-15-11-8-12-16-18/h5-16H,1-2H2,3-4H3. The number of rotatable bonds is 6. The zero-order valence-electron chi connectivity index (χ0n) is 12.7. The van der Waals surface area contributed by atoms with Gasteiger partial charge in [-0.1, -0.05) is 47.8 Å². The summed E-state index contributed by atoms with van der Waals surface area (Å²) in [6, 6.07) is 20.8. The van der Waals surface area contributed by atoms with Crippen molar-refractivity contribution in [1.82, 2.24) is 0 Å². The van der Waals surface area contributed by atoms with Crippen molar-refractivity contribution in [3.8, 4) is 0 Å². The van der Waals surface area contributed by atoms with E-state index in [0.717, 1.165) is 0 Å². The lowest BCUT2D eigenvalue weighted by Crippen LogP contribution is -2.62. The number of benzene rings is 2. The van der Waals surface area contributed by atoms with Gasteiger partial charge in [-0.25, -0.2) is 0 Å². The van der Waals surface area contributed by atoms with Gasteiger partial charge in [0.2, 0.25) is 0 Å². The third-order valence-corrected chi connectivity index (χ3v) is 7.83. The Balaban J connectivity index is 2.45. The Kier molecular flexibility index (Phi) is 4.65. The molecule has 108 valence electrons. The topological polar surface area (TPSA) is 6.48 Å². The van der Waals surface area contributed by atoms with Gasteiger partial charge in [0.15, 0.2) is 0 Å². The SMILES string of the molecule is C=C[Si](C=C)(N(C)c1ccccc1)N(C)c1ccccc1. The Bertz CT molecular complexity index is 540. The summed E-state index contributed by atoms with van der Waals surface area (Å²) in [5.74, 6) is 0. The molecule has 0 radical (unpaired) electrons. The van der Waals surface area contributed by atoms with Crippen molar-refractivity contribution in [3.63, 3.8) is 0 Å². The first-order chi connectivity index (χ1) is 10.2. The van der Waals surface area contributed by atoms with E-state index in [1.807, 2.05) is 12.1 Å². The second kappa shape index (κ2) is 6.46. The number of hydrogen-bond donors (Lipinski definition) is 0. The van der Waals surface area contributed by atoms with Crippen molar-refractivity contribution in [1.29, 1.82) is 0 Å². The minimum absolute atomic E-state index is 1.17. The molecule has 0 unspecified atom stereocenters. The van der Waals surface area contributed by atoms with Crippen molar-refractivity contribution in [2.75, 3.05) is 23.2 Å². The van der Waals surface area contributed by atoms with Gasteiger partial charge in [0.05, 0.1) is 0 Å². The third-order valence-electron chi connectivity index (χ3n) is 3.96. The molecule has 0 heterocycles. The van der Waals surface area contributed by atoms with Crippen molar-refractivity contribution in [2.24, 2.45) is 0 Å². The molecule has 0 aliphatic rings. The molecule has 0 N–H and O–H groups in total. The van der Waals surface area contributed by atoms with E-state index in [2.05, 4.69) is 96.3 Å². The smallest absolute Gasteiger partial charge is 0.314 e. The third kappa shape index (κ3) is 2.78. The van der Waals surface area contributed by atoms with Gasteiger partial charge in [-0.3, -0.25) is 0 Å².